The van der Waals surface area contributed by atoms with Crippen molar-refractivity contribution in [1.29, 1.82) is 0 Å². The van der Waals surface area contributed by atoms with E-state index >= 15 is 0 Å². The Balaban J connectivity index is 0.000000283. The normalized spacial score (nSPS) is 12.0. The molecule has 0 saturated carbocycles. The number of hydrogen-bond donors (Lipinski definition) is 1. The second-order valence-corrected chi connectivity index (χ2v) is 7.69. The Kier molecular flexibility index (Phi) is 9.16. The summed E-state index contributed by atoms with van der Waals surface area (Å²) in [6.07, 6.45) is 5.56. The molecule has 4 nitrogen and oxygen atoms in total. The van der Waals surface area contributed by atoms with Crippen LogP contribution in [0.5, 0.6) is 11.5 Å². The Bertz CT molecular complexity index is 783. The van der Waals surface area contributed by atoms with Crippen LogP contribution in [0.25, 0.3) is 6.08 Å². The average Bonchev–Trinajstić information content (AvgIpc) is 2.67. The van der Waals surface area contributed by atoms with E-state index in [4.69, 9.17) is 4.74 Å². The summed E-state index contributed by atoms with van der Waals surface area (Å²) in [4.78, 5) is 20.6. The van der Waals surface area contributed by atoms with E-state index in [9.17, 15) is 14.7 Å². The molecule has 28 heavy (non-hydrogen) atoms. The number of phenols is 1. The molecule has 2 rings (SSSR count). The van der Waals surface area contributed by atoms with E-state index in [2.05, 4.69) is 45.0 Å². The van der Waals surface area contributed by atoms with Gasteiger partial charge in [0.1, 0.15) is 12.6 Å². The molecule has 0 aliphatic rings. The van der Waals surface area contributed by atoms with E-state index in [1.807, 2.05) is 6.92 Å². The van der Waals surface area contributed by atoms with Crippen molar-refractivity contribution in [2.75, 3.05) is 7.11 Å². The molecule has 1 unspecified atom stereocenters. The summed E-state index contributed by atoms with van der Waals surface area (Å²) in [5.41, 5.74) is 3.59. The first-order chi connectivity index (χ1) is 13.2. The van der Waals surface area contributed by atoms with Crippen molar-refractivity contribution < 1.29 is 19.4 Å². The molecule has 2 aromatic rings. The van der Waals surface area contributed by atoms with Crippen LogP contribution in [0.4, 0.5) is 0 Å². The van der Waals surface area contributed by atoms with Gasteiger partial charge < -0.3 is 14.6 Å². The average molecular weight is 383 g/mol. The number of phenolic OH excluding ortho intramolecular Hbond substituents is 1. The largest absolute Gasteiger partial charge is 0.504 e. The van der Waals surface area contributed by atoms with Crippen molar-refractivity contribution in [2.24, 2.45) is 5.92 Å². The van der Waals surface area contributed by atoms with Gasteiger partial charge >= 0.3 is 0 Å². The molecule has 0 radical (unpaired) electrons. The molecule has 0 aliphatic carbocycles. The molecular formula is C24H30O4. The Hall–Kier alpha value is -2.88. The van der Waals surface area contributed by atoms with Crippen LogP contribution in [0.1, 0.15) is 44.4 Å². The molecule has 0 heterocycles. The molecule has 4 heteroatoms. The molecule has 0 bridgehead atoms. The van der Waals surface area contributed by atoms with Gasteiger partial charge in [-0.1, -0.05) is 64.1 Å². The predicted octanol–water partition coefficient (Wildman–Crippen LogP) is 4.97. The highest BCUT2D eigenvalue weighted by atomic mass is 16.5. The van der Waals surface area contributed by atoms with Crippen molar-refractivity contribution >= 4 is 18.6 Å². The molecule has 0 spiro atoms. The number of methoxy groups -OCH3 is 1. The van der Waals surface area contributed by atoms with Gasteiger partial charge in [0.15, 0.2) is 11.5 Å². The Morgan fingerprint density at radius 2 is 1.71 bits per heavy atom. The maximum atomic E-state index is 10.5. The zero-order valence-electron chi connectivity index (χ0n) is 17.3. The number of rotatable bonds is 6. The van der Waals surface area contributed by atoms with Crippen LogP contribution in [0.3, 0.4) is 0 Å². The van der Waals surface area contributed by atoms with Crippen molar-refractivity contribution in [3.8, 4) is 11.5 Å². The topological polar surface area (TPSA) is 63.6 Å². The fraction of sp³-hybridized carbons (Fsp3) is 0.333. The first-order valence-electron chi connectivity index (χ1n) is 9.24. The first kappa shape index (κ1) is 23.2. The van der Waals surface area contributed by atoms with Crippen LogP contribution in [-0.4, -0.2) is 24.8 Å². The standard InChI is InChI=1S/C14H20O.C10H10O3/c1-11(10-15)9-12-5-7-13(8-6-12)14(2,3)4;1-13-10-7-8(3-2-6-11)4-5-9(10)12/h5-8,10-11H,9H2,1-4H3;2-7,12H,1H3. The minimum absolute atomic E-state index is 0.0887. The molecule has 1 atom stereocenters. The lowest BCUT2D eigenvalue weighted by molar-refractivity contribution is -0.110. The van der Waals surface area contributed by atoms with Crippen molar-refractivity contribution in [2.45, 2.75) is 39.5 Å². The number of carbonyl (C=O) groups is 2. The van der Waals surface area contributed by atoms with Crippen LogP contribution in [0.15, 0.2) is 48.5 Å². The number of hydrogen-bond acceptors (Lipinski definition) is 4. The van der Waals surface area contributed by atoms with E-state index in [0.717, 1.165) is 18.3 Å². The summed E-state index contributed by atoms with van der Waals surface area (Å²) >= 11 is 0. The molecule has 1 N–H and O–H groups in total. The highest BCUT2D eigenvalue weighted by Crippen LogP contribution is 2.26. The molecule has 0 amide bonds. The molecule has 0 saturated heterocycles. The van der Waals surface area contributed by atoms with E-state index < -0.39 is 0 Å². The molecule has 0 fully saturated rings. The smallest absolute Gasteiger partial charge is 0.161 e. The molecule has 0 aliphatic heterocycles. The Morgan fingerprint density at radius 1 is 1.07 bits per heavy atom. The van der Waals surface area contributed by atoms with Gasteiger partial charge in [-0.15, -0.1) is 0 Å². The summed E-state index contributed by atoms with van der Waals surface area (Å²) in [5, 5.41) is 9.24. The lowest BCUT2D eigenvalue weighted by Crippen LogP contribution is -2.11. The number of aromatic hydroxyl groups is 1. The van der Waals surface area contributed by atoms with Gasteiger partial charge in [-0.3, -0.25) is 4.79 Å². The van der Waals surface area contributed by atoms with E-state index in [1.165, 1.54) is 30.4 Å². The second-order valence-electron chi connectivity index (χ2n) is 7.69. The maximum absolute atomic E-state index is 10.5. The SMILES string of the molecule is CC(C=O)Cc1ccc(C(C)(C)C)cc1.COc1cc(C=CC=O)ccc1O. The highest BCUT2D eigenvalue weighted by molar-refractivity contribution is 5.74. The van der Waals surface area contributed by atoms with Gasteiger partial charge in [0, 0.05) is 5.92 Å². The first-order valence-corrected chi connectivity index (χ1v) is 9.24. The fourth-order valence-electron chi connectivity index (χ4n) is 2.51. The highest BCUT2D eigenvalue weighted by Gasteiger charge is 2.13. The van der Waals surface area contributed by atoms with Gasteiger partial charge in [-0.2, -0.15) is 0 Å². The van der Waals surface area contributed by atoms with Gasteiger partial charge in [-0.25, -0.2) is 0 Å². The Labute approximate surface area is 167 Å². The zero-order chi connectivity index (χ0) is 21.2. The number of allylic oxidation sites excluding steroid dienone is 1. The minimum Gasteiger partial charge on any atom is -0.504 e. The summed E-state index contributed by atoms with van der Waals surface area (Å²) in [7, 11) is 1.47. The molecule has 2 aromatic carbocycles. The third-order valence-electron chi connectivity index (χ3n) is 4.18. The van der Waals surface area contributed by atoms with Gasteiger partial charge in [0.2, 0.25) is 0 Å². The van der Waals surface area contributed by atoms with E-state index in [-0.39, 0.29) is 17.1 Å². The monoisotopic (exact) mass is 382 g/mol. The molecular weight excluding hydrogens is 352 g/mol. The van der Waals surface area contributed by atoms with Gasteiger partial charge in [-0.05, 0) is 46.7 Å². The lowest BCUT2D eigenvalue weighted by Gasteiger charge is -2.19. The molecule has 0 aromatic heterocycles. The number of ether oxygens (including phenoxy) is 1. The summed E-state index contributed by atoms with van der Waals surface area (Å²) in [5.74, 6) is 0.601. The summed E-state index contributed by atoms with van der Waals surface area (Å²) < 4.78 is 4.89. The molecule has 150 valence electrons. The summed E-state index contributed by atoms with van der Waals surface area (Å²) in [6, 6.07) is 13.4. The summed E-state index contributed by atoms with van der Waals surface area (Å²) in [6.45, 7) is 8.56. The van der Waals surface area contributed by atoms with Crippen LogP contribution < -0.4 is 4.74 Å². The van der Waals surface area contributed by atoms with Crippen LogP contribution in [-0.2, 0) is 21.4 Å². The van der Waals surface area contributed by atoms with Crippen LogP contribution >= 0.6 is 0 Å². The van der Waals surface area contributed by atoms with Crippen LogP contribution in [0.2, 0.25) is 0 Å². The third kappa shape index (κ3) is 7.78. The quantitative estimate of drug-likeness (QED) is 0.566. The van der Waals surface area contributed by atoms with Crippen LogP contribution in [0, 0.1) is 5.92 Å². The lowest BCUT2D eigenvalue weighted by atomic mass is 9.86. The third-order valence-corrected chi connectivity index (χ3v) is 4.18. The zero-order valence-corrected chi connectivity index (χ0v) is 17.3. The number of carbonyl (C=O) groups excluding carboxylic acids is 2. The second kappa shape index (κ2) is 11.1. The van der Waals surface area contributed by atoms with E-state index in [0.29, 0.717) is 12.0 Å². The van der Waals surface area contributed by atoms with Gasteiger partial charge in [0.05, 0.1) is 7.11 Å². The van der Waals surface area contributed by atoms with E-state index in [1.54, 1.807) is 18.2 Å². The number of aldehydes is 2. The minimum atomic E-state index is 0.0887. The predicted molar refractivity (Wildman–Crippen MR) is 114 cm³/mol. The van der Waals surface area contributed by atoms with Gasteiger partial charge in [0.25, 0.3) is 0 Å². The fourth-order valence-corrected chi connectivity index (χ4v) is 2.51. The Morgan fingerprint density at radius 3 is 2.21 bits per heavy atom. The number of benzene rings is 2. The maximum Gasteiger partial charge on any atom is 0.161 e. The van der Waals surface area contributed by atoms with Crippen molar-refractivity contribution in [1.82, 2.24) is 0 Å². The van der Waals surface area contributed by atoms with Crippen molar-refractivity contribution in [3.05, 3.63) is 65.2 Å². The van der Waals surface area contributed by atoms with Crippen molar-refractivity contribution in [3.63, 3.8) is 0 Å².